The molecule has 0 radical (unpaired) electrons. The second kappa shape index (κ2) is 9.14. The molecule has 0 unspecified atom stereocenters. The second-order valence-corrected chi connectivity index (χ2v) is 6.61. The number of amides is 1. The molecule has 0 N–H and O–H groups in total. The Balaban J connectivity index is 1.50. The molecule has 1 amide bonds. The highest BCUT2D eigenvalue weighted by Gasteiger charge is 2.19. The quantitative estimate of drug-likeness (QED) is 0.584. The summed E-state index contributed by atoms with van der Waals surface area (Å²) in [4.78, 5) is 28.5. The van der Waals surface area contributed by atoms with Gasteiger partial charge in [-0.25, -0.2) is 0 Å². The topological polar surface area (TPSA) is 49.9 Å². The molecule has 0 bridgehead atoms. The lowest BCUT2D eigenvalue weighted by molar-refractivity contribution is -0.134. The minimum absolute atomic E-state index is 0.00551. The Bertz CT molecular complexity index is 792. The number of benzene rings is 2. The van der Waals surface area contributed by atoms with Crippen LogP contribution in [0.15, 0.2) is 60.7 Å². The van der Waals surface area contributed by atoms with Gasteiger partial charge < -0.3 is 14.5 Å². The van der Waals surface area contributed by atoms with E-state index in [9.17, 15) is 9.59 Å². The Morgan fingerprint density at radius 3 is 2.30 bits per heavy atom. The number of carbonyl (C=O) groups excluding carboxylic acids is 2. The van der Waals surface area contributed by atoms with Crippen LogP contribution in [0, 0.1) is 0 Å². The summed E-state index contributed by atoms with van der Waals surface area (Å²) >= 11 is 0. The molecule has 1 aliphatic heterocycles. The molecule has 0 aliphatic carbocycles. The van der Waals surface area contributed by atoms with Crippen molar-refractivity contribution in [2.45, 2.75) is 0 Å². The maximum Gasteiger partial charge on any atom is 0.260 e. The van der Waals surface area contributed by atoms with Gasteiger partial charge in [0, 0.05) is 31.7 Å². The van der Waals surface area contributed by atoms with E-state index in [1.807, 2.05) is 35.2 Å². The van der Waals surface area contributed by atoms with E-state index in [0.29, 0.717) is 11.3 Å². The molecular weight excluding hydrogens is 340 g/mol. The van der Waals surface area contributed by atoms with Crippen molar-refractivity contribution in [1.29, 1.82) is 0 Å². The van der Waals surface area contributed by atoms with E-state index in [2.05, 4.69) is 11.9 Å². The summed E-state index contributed by atoms with van der Waals surface area (Å²) in [7, 11) is 2.05. The number of ketones is 1. The molecule has 140 valence electrons. The molecular formula is C22H24N2O3. The largest absolute Gasteiger partial charge is 0.484 e. The standard InChI is InChI=1S/C22H24N2O3/c1-23-13-15-24(16-14-23)22(26)17-27-20-10-8-19(9-11-20)21(25)12-7-18-5-3-2-4-6-18/h2-12H,13-17H2,1H3. The number of nitrogens with zero attached hydrogens (tertiary/aromatic N) is 2. The molecule has 2 aromatic rings. The van der Waals surface area contributed by atoms with Gasteiger partial charge >= 0.3 is 0 Å². The highest BCUT2D eigenvalue weighted by Crippen LogP contribution is 2.14. The molecule has 2 aromatic carbocycles. The van der Waals surface area contributed by atoms with E-state index in [1.165, 1.54) is 0 Å². The molecule has 1 saturated heterocycles. The molecule has 0 spiro atoms. The van der Waals surface area contributed by atoms with Gasteiger partial charge in [0.25, 0.3) is 5.91 Å². The summed E-state index contributed by atoms with van der Waals surface area (Å²) < 4.78 is 5.58. The number of hydrogen-bond donors (Lipinski definition) is 0. The smallest absolute Gasteiger partial charge is 0.260 e. The summed E-state index contributed by atoms with van der Waals surface area (Å²) in [5, 5.41) is 0. The third kappa shape index (κ3) is 5.53. The average molecular weight is 364 g/mol. The van der Waals surface area contributed by atoms with Crippen molar-refractivity contribution >= 4 is 17.8 Å². The van der Waals surface area contributed by atoms with Crippen LogP contribution in [0.25, 0.3) is 6.08 Å². The van der Waals surface area contributed by atoms with Crippen LogP contribution in [0.1, 0.15) is 15.9 Å². The Labute approximate surface area is 159 Å². The van der Waals surface area contributed by atoms with Crippen molar-refractivity contribution in [2.24, 2.45) is 0 Å². The summed E-state index contributed by atoms with van der Waals surface area (Å²) in [6.45, 7) is 3.27. The first kappa shape index (κ1) is 18.9. The Kier molecular flexibility index (Phi) is 6.39. The summed E-state index contributed by atoms with van der Waals surface area (Å²) in [5.74, 6) is 0.508. The summed E-state index contributed by atoms with van der Waals surface area (Å²) in [6, 6.07) is 16.6. The third-order valence-electron chi connectivity index (χ3n) is 4.58. The molecule has 1 aliphatic rings. The Morgan fingerprint density at radius 2 is 1.63 bits per heavy atom. The molecule has 1 fully saturated rings. The van der Waals surface area contributed by atoms with E-state index >= 15 is 0 Å². The number of ether oxygens (including phenoxy) is 1. The van der Waals surface area contributed by atoms with Crippen molar-refractivity contribution in [3.63, 3.8) is 0 Å². The van der Waals surface area contributed by atoms with Gasteiger partial charge in [0.05, 0.1) is 0 Å². The highest BCUT2D eigenvalue weighted by molar-refractivity contribution is 6.06. The average Bonchev–Trinajstić information content (AvgIpc) is 2.72. The molecule has 1 heterocycles. The summed E-state index contributed by atoms with van der Waals surface area (Å²) in [6.07, 6.45) is 3.35. The lowest BCUT2D eigenvalue weighted by Crippen LogP contribution is -2.48. The zero-order valence-electron chi connectivity index (χ0n) is 15.5. The van der Waals surface area contributed by atoms with Gasteiger partial charge in [0.2, 0.25) is 0 Å². The maximum atomic E-state index is 12.2. The van der Waals surface area contributed by atoms with Crippen LogP contribution in [-0.4, -0.2) is 61.3 Å². The van der Waals surface area contributed by atoms with Gasteiger partial charge in [0.1, 0.15) is 5.75 Å². The Hall–Kier alpha value is -2.92. The first-order valence-corrected chi connectivity index (χ1v) is 9.08. The molecule has 0 saturated carbocycles. The number of rotatable bonds is 6. The van der Waals surface area contributed by atoms with Crippen LogP contribution in [0.4, 0.5) is 0 Å². The van der Waals surface area contributed by atoms with Crippen molar-refractivity contribution in [2.75, 3.05) is 39.8 Å². The first-order valence-electron chi connectivity index (χ1n) is 9.08. The van der Waals surface area contributed by atoms with E-state index in [1.54, 1.807) is 36.4 Å². The van der Waals surface area contributed by atoms with E-state index in [-0.39, 0.29) is 18.3 Å². The minimum atomic E-state index is -0.0704. The molecule has 0 aromatic heterocycles. The fraction of sp³-hybridized carbons (Fsp3) is 0.273. The molecule has 0 atom stereocenters. The fourth-order valence-electron chi connectivity index (χ4n) is 2.84. The van der Waals surface area contributed by atoms with Gasteiger partial charge in [0.15, 0.2) is 12.4 Å². The van der Waals surface area contributed by atoms with Gasteiger partial charge in [-0.2, -0.15) is 0 Å². The number of hydrogen-bond acceptors (Lipinski definition) is 4. The van der Waals surface area contributed by atoms with Crippen LogP contribution in [-0.2, 0) is 4.79 Å². The van der Waals surface area contributed by atoms with Gasteiger partial charge in [-0.15, -0.1) is 0 Å². The maximum absolute atomic E-state index is 12.2. The number of likely N-dealkylation sites (N-methyl/N-ethyl adjacent to an activating group) is 1. The monoisotopic (exact) mass is 364 g/mol. The summed E-state index contributed by atoms with van der Waals surface area (Å²) in [5.41, 5.74) is 1.56. The molecule has 5 nitrogen and oxygen atoms in total. The molecule has 3 rings (SSSR count). The number of carbonyl (C=O) groups is 2. The number of allylic oxidation sites excluding steroid dienone is 1. The van der Waals surface area contributed by atoms with E-state index < -0.39 is 0 Å². The fourth-order valence-corrected chi connectivity index (χ4v) is 2.84. The predicted molar refractivity (Wildman–Crippen MR) is 106 cm³/mol. The third-order valence-corrected chi connectivity index (χ3v) is 4.58. The second-order valence-electron chi connectivity index (χ2n) is 6.61. The van der Waals surface area contributed by atoms with Crippen molar-refractivity contribution in [1.82, 2.24) is 9.80 Å². The van der Waals surface area contributed by atoms with Crippen LogP contribution in [0.2, 0.25) is 0 Å². The molecule has 5 heteroatoms. The molecule has 27 heavy (non-hydrogen) atoms. The van der Waals surface area contributed by atoms with Crippen LogP contribution in [0.5, 0.6) is 5.75 Å². The normalized spacial score (nSPS) is 15.1. The van der Waals surface area contributed by atoms with Gasteiger partial charge in [-0.05, 0) is 43.0 Å². The van der Waals surface area contributed by atoms with Crippen LogP contribution < -0.4 is 4.74 Å². The zero-order valence-corrected chi connectivity index (χ0v) is 15.5. The van der Waals surface area contributed by atoms with Crippen LogP contribution >= 0.6 is 0 Å². The van der Waals surface area contributed by atoms with Crippen molar-refractivity contribution in [3.05, 3.63) is 71.8 Å². The van der Waals surface area contributed by atoms with Crippen LogP contribution in [0.3, 0.4) is 0 Å². The SMILES string of the molecule is CN1CCN(C(=O)COc2ccc(C(=O)C=Cc3ccccc3)cc2)CC1. The minimum Gasteiger partial charge on any atom is -0.484 e. The van der Waals surface area contributed by atoms with Gasteiger partial charge in [-0.1, -0.05) is 36.4 Å². The predicted octanol–water partition coefficient (Wildman–Crippen LogP) is 2.74. The Morgan fingerprint density at radius 1 is 0.963 bits per heavy atom. The zero-order chi connectivity index (χ0) is 19.1. The first-order chi connectivity index (χ1) is 13.1. The van der Waals surface area contributed by atoms with Gasteiger partial charge in [-0.3, -0.25) is 9.59 Å². The van der Waals surface area contributed by atoms with E-state index in [0.717, 1.165) is 31.7 Å². The van der Waals surface area contributed by atoms with E-state index in [4.69, 9.17) is 4.74 Å². The van der Waals surface area contributed by atoms with Crippen molar-refractivity contribution < 1.29 is 14.3 Å². The lowest BCUT2D eigenvalue weighted by atomic mass is 10.1. The lowest BCUT2D eigenvalue weighted by Gasteiger charge is -2.32. The highest BCUT2D eigenvalue weighted by atomic mass is 16.5. The number of piperazine rings is 1. The van der Waals surface area contributed by atoms with Crippen molar-refractivity contribution in [3.8, 4) is 5.75 Å².